The van der Waals surface area contributed by atoms with E-state index >= 15 is 0 Å². The number of carbonyl (C=O) groups is 1. The lowest BCUT2D eigenvalue weighted by molar-refractivity contribution is -0.139. The van der Waals surface area contributed by atoms with Gasteiger partial charge in [0, 0.05) is 0 Å². The van der Waals surface area contributed by atoms with E-state index < -0.39 is 24.4 Å². The van der Waals surface area contributed by atoms with E-state index in [2.05, 4.69) is 0 Å². The second-order valence-corrected chi connectivity index (χ2v) is 8.00. The largest absolute Gasteiger partial charge is 0.481 e. The maximum absolute atomic E-state index is 14.3. The molecule has 31 heavy (non-hydrogen) atoms. The minimum atomic E-state index is -0.921. The quantitative estimate of drug-likeness (QED) is 0.463. The average Bonchev–Trinajstić information content (AvgIpc) is 2.76. The number of carboxylic acids is 1. The molecule has 0 fully saturated rings. The highest BCUT2D eigenvalue weighted by molar-refractivity contribution is 5.80. The molecule has 0 spiro atoms. The van der Waals surface area contributed by atoms with Crippen LogP contribution in [0, 0.1) is 23.1 Å². The second-order valence-electron chi connectivity index (χ2n) is 8.00. The van der Waals surface area contributed by atoms with Crippen molar-refractivity contribution in [2.24, 2.45) is 5.92 Å². The summed E-state index contributed by atoms with van der Waals surface area (Å²) in [5.41, 5.74) is 3.89. The predicted octanol–water partition coefficient (Wildman–Crippen LogP) is 6.72. The van der Waals surface area contributed by atoms with E-state index in [-0.39, 0.29) is 11.5 Å². The Morgan fingerprint density at radius 2 is 1.58 bits per heavy atom. The molecule has 3 aromatic carbocycles. The maximum Gasteiger partial charge on any atom is 0.310 e. The predicted molar refractivity (Wildman–Crippen MR) is 117 cm³/mol. The summed E-state index contributed by atoms with van der Waals surface area (Å²) in [4.78, 5) is 12.0. The van der Waals surface area contributed by atoms with Gasteiger partial charge in [-0.25, -0.2) is 8.78 Å². The van der Waals surface area contributed by atoms with Crippen LogP contribution in [-0.4, -0.2) is 11.1 Å². The molecule has 3 rings (SSSR count). The number of hydrogen-bond donors (Lipinski definition) is 1. The highest BCUT2D eigenvalue weighted by atomic mass is 19.1. The number of benzene rings is 3. The van der Waals surface area contributed by atoms with E-state index in [1.54, 1.807) is 42.5 Å². The molecule has 5 heteroatoms. The molecule has 0 saturated carbocycles. The Morgan fingerprint density at radius 1 is 0.968 bits per heavy atom. The van der Waals surface area contributed by atoms with Crippen molar-refractivity contribution in [3.05, 3.63) is 83.2 Å². The monoisotopic (exact) mass is 419 g/mol. The molecule has 0 heterocycles. The van der Waals surface area contributed by atoms with E-state index in [9.17, 15) is 18.7 Å². The third-order valence-corrected chi connectivity index (χ3v) is 5.23. The zero-order valence-electron chi connectivity index (χ0n) is 17.4. The molecule has 0 aromatic heterocycles. The van der Waals surface area contributed by atoms with Gasteiger partial charge in [-0.2, -0.15) is 5.26 Å². The Morgan fingerprint density at radius 3 is 2.10 bits per heavy atom. The van der Waals surface area contributed by atoms with Crippen LogP contribution in [0.2, 0.25) is 0 Å². The summed E-state index contributed by atoms with van der Waals surface area (Å²) in [5.74, 6) is -2.09. The number of alkyl halides is 1. The van der Waals surface area contributed by atoms with Gasteiger partial charge < -0.3 is 5.11 Å². The Balaban J connectivity index is 2.18. The highest BCUT2D eigenvalue weighted by Gasteiger charge is 2.23. The fraction of sp³-hybridized carbons (Fsp3) is 0.231. The Labute approximate surface area is 180 Å². The Hall–Kier alpha value is -3.52. The van der Waals surface area contributed by atoms with E-state index in [4.69, 9.17) is 5.26 Å². The maximum atomic E-state index is 14.3. The fourth-order valence-electron chi connectivity index (χ4n) is 3.61. The van der Waals surface area contributed by atoms with Crippen LogP contribution in [0.15, 0.2) is 60.7 Å². The highest BCUT2D eigenvalue weighted by Crippen LogP contribution is 2.34. The molecule has 3 nitrogen and oxygen atoms in total. The number of rotatable bonds is 7. The molecule has 3 aromatic rings. The van der Waals surface area contributed by atoms with Crippen molar-refractivity contribution in [2.45, 2.75) is 32.9 Å². The van der Waals surface area contributed by atoms with Crippen LogP contribution in [-0.2, 0) is 11.5 Å². The summed E-state index contributed by atoms with van der Waals surface area (Å²) in [6, 6.07) is 18.5. The van der Waals surface area contributed by atoms with Crippen molar-refractivity contribution >= 4 is 5.97 Å². The van der Waals surface area contributed by atoms with Gasteiger partial charge in [0.25, 0.3) is 0 Å². The zero-order chi connectivity index (χ0) is 22.5. The van der Waals surface area contributed by atoms with Crippen molar-refractivity contribution in [2.75, 3.05) is 0 Å². The van der Waals surface area contributed by atoms with Gasteiger partial charge in [-0.3, -0.25) is 4.79 Å². The molecule has 1 N–H and O–H groups in total. The minimum Gasteiger partial charge on any atom is -0.481 e. The van der Waals surface area contributed by atoms with Gasteiger partial charge in [-0.1, -0.05) is 56.3 Å². The third kappa shape index (κ3) is 5.16. The molecular formula is C26H23F2NO2. The van der Waals surface area contributed by atoms with Gasteiger partial charge in [-0.05, 0) is 63.9 Å². The third-order valence-electron chi connectivity index (χ3n) is 5.23. The molecule has 1 unspecified atom stereocenters. The summed E-state index contributed by atoms with van der Waals surface area (Å²) in [6.45, 7) is 3.37. The number of nitrogens with zero attached hydrogens (tertiary/aromatic N) is 1. The van der Waals surface area contributed by atoms with Crippen LogP contribution < -0.4 is 0 Å². The first-order chi connectivity index (χ1) is 14.8. The molecule has 0 amide bonds. The van der Waals surface area contributed by atoms with Crippen LogP contribution in [0.1, 0.15) is 42.9 Å². The molecule has 0 bridgehead atoms. The first-order valence-corrected chi connectivity index (χ1v) is 10.1. The molecular weight excluding hydrogens is 396 g/mol. The van der Waals surface area contributed by atoms with Crippen LogP contribution in [0.5, 0.6) is 0 Å². The fourth-order valence-corrected chi connectivity index (χ4v) is 3.61. The van der Waals surface area contributed by atoms with Crippen molar-refractivity contribution in [3.8, 4) is 28.3 Å². The zero-order valence-corrected chi connectivity index (χ0v) is 17.4. The lowest BCUT2D eigenvalue weighted by Crippen LogP contribution is -2.14. The summed E-state index contributed by atoms with van der Waals surface area (Å²) < 4.78 is 27.2. The lowest BCUT2D eigenvalue weighted by Gasteiger charge is -2.18. The van der Waals surface area contributed by atoms with Crippen LogP contribution >= 0.6 is 0 Å². The number of halogens is 2. The number of nitriles is 1. The lowest BCUT2D eigenvalue weighted by atomic mass is 9.86. The van der Waals surface area contributed by atoms with Gasteiger partial charge in [0.1, 0.15) is 18.6 Å². The molecule has 0 aliphatic carbocycles. The average molecular weight is 419 g/mol. The smallest absolute Gasteiger partial charge is 0.310 e. The first kappa shape index (κ1) is 22.2. The first-order valence-electron chi connectivity index (χ1n) is 10.1. The minimum absolute atomic E-state index is 0.0508. The topological polar surface area (TPSA) is 61.1 Å². The van der Waals surface area contributed by atoms with Crippen LogP contribution in [0.4, 0.5) is 8.78 Å². The Bertz CT molecular complexity index is 1130. The van der Waals surface area contributed by atoms with Crippen molar-refractivity contribution in [3.63, 3.8) is 0 Å². The van der Waals surface area contributed by atoms with E-state index in [0.717, 1.165) is 11.1 Å². The molecule has 0 saturated heterocycles. The molecule has 0 radical (unpaired) electrons. The van der Waals surface area contributed by atoms with Crippen LogP contribution in [0.3, 0.4) is 0 Å². The summed E-state index contributed by atoms with van der Waals surface area (Å²) >= 11 is 0. The number of hydrogen-bond acceptors (Lipinski definition) is 2. The van der Waals surface area contributed by atoms with E-state index in [1.807, 2.05) is 26.0 Å². The summed E-state index contributed by atoms with van der Waals surface area (Å²) in [7, 11) is 0. The Kier molecular flexibility index (Phi) is 6.81. The molecule has 0 aliphatic rings. The number of aliphatic carboxylic acids is 1. The van der Waals surface area contributed by atoms with Crippen molar-refractivity contribution in [1.29, 1.82) is 5.26 Å². The SMILES string of the molecule is CC(C)CC(C(=O)O)c1cc(-c2ccc(CF)cc2)cc(-c2ccc(C#N)c(F)c2)c1. The van der Waals surface area contributed by atoms with Gasteiger partial charge >= 0.3 is 5.97 Å². The standard InChI is InChI=1S/C26H23F2NO2/c1-16(2)9-24(26(30)31)23-11-21(18-5-3-17(14-27)4-6-18)10-22(12-23)19-7-8-20(15-29)25(28)13-19/h3-8,10-13,16,24H,9,14H2,1-2H3,(H,30,31). The molecule has 158 valence electrons. The second kappa shape index (κ2) is 9.53. The van der Waals surface area contributed by atoms with Gasteiger partial charge in [0.2, 0.25) is 0 Å². The summed E-state index contributed by atoms with van der Waals surface area (Å²) in [5, 5.41) is 18.8. The van der Waals surface area contributed by atoms with Gasteiger partial charge in [-0.15, -0.1) is 0 Å². The van der Waals surface area contributed by atoms with Crippen molar-refractivity contribution < 1.29 is 18.7 Å². The normalized spacial score (nSPS) is 11.9. The van der Waals surface area contributed by atoms with E-state index in [1.165, 1.54) is 12.1 Å². The van der Waals surface area contributed by atoms with Gasteiger partial charge in [0.15, 0.2) is 0 Å². The molecule has 1 atom stereocenters. The van der Waals surface area contributed by atoms with E-state index in [0.29, 0.717) is 28.7 Å². The molecule has 0 aliphatic heterocycles. The van der Waals surface area contributed by atoms with Crippen LogP contribution in [0.25, 0.3) is 22.3 Å². The van der Waals surface area contributed by atoms with Crippen molar-refractivity contribution in [1.82, 2.24) is 0 Å². The van der Waals surface area contributed by atoms with Gasteiger partial charge in [0.05, 0.1) is 11.5 Å². The summed E-state index contributed by atoms with van der Waals surface area (Å²) in [6.07, 6.45) is 0.459. The number of carboxylic acid groups (broad SMARTS) is 1.